The van der Waals surface area contributed by atoms with Crippen LogP contribution in [-0.4, -0.2) is 12.6 Å². The minimum atomic E-state index is 0.491. The molecule has 0 aromatic carbocycles. The molecule has 1 rings (SSSR count). The maximum atomic E-state index is 3.78. The zero-order chi connectivity index (χ0) is 15.0. The van der Waals surface area contributed by atoms with Crippen LogP contribution in [0.3, 0.4) is 0 Å². The highest BCUT2D eigenvalue weighted by atomic mass is 14.9. The van der Waals surface area contributed by atoms with E-state index in [-0.39, 0.29) is 0 Å². The average Bonchev–Trinajstić information content (AvgIpc) is 2.42. The Kier molecular flexibility index (Phi) is 7.67. The van der Waals surface area contributed by atoms with Crippen molar-refractivity contribution in [1.82, 2.24) is 5.32 Å². The van der Waals surface area contributed by atoms with Gasteiger partial charge in [-0.15, -0.1) is 11.8 Å². The van der Waals surface area contributed by atoms with Gasteiger partial charge in [0.2, 0.25) is 0 Å². The maximum absolute atomic E-state index is 3.78. The monoisotopic (exact) mass is 277 g/mol. The molecule has 0 spiro atoms. The highest BCUT2D eigenvalue weighted by Crippen LogP contribution is 2.41. The minimum absolute atomic E-state index is 0.491. The molecule has 1 saturated carbocycles. The lowest BCUT2D eigenvalue weighted by molar-refractivity contribution is 0.130. The van der Waals surface area contributed by atoms with E-state index in [0.29, 0.717) is 11.5 Å². The highest BCUT2D eigenvalue weighted by molar-refractivity contribution is 4.96. The standard InChI is InChI=1S/C19H35N/c1-6-8-9-10-18(20-15-7-2)16-11-13-17(14-12-16)19(3,4)5/h16-18,20H,7,9-15H2,1-5H3. The molecule has 1 heteroatoms. The molecular weight excluding hydrogens is 242 g/mol. The van der Waals surface area contributed by atoms with Crippen molar-refractivity contribution in [2.75, 3.05) is 6.54 Å². The first-order valence-electron chi connectivity index (χ1n) is 8.62. The number of nitrogens with one attached hydrogen (secondary N) is 1. The van der Waals surface area contributed by atoms with Crippen molar-refractivity contribution < 1.29 is 0 Å². The minimum Gasteiger partial charge on any atom is -0.314 e. The van der Waals surface area contributed by atoms with E-state index in [9.17, 15) is 0 Å². The molecule has 1 aliphatic rings. The van der Waals surface area contributed by atoms with Crippen LogP contribution < -0.4 is 5.32 Å². The Morgan fingerprint density at radius 3 is 2.30 bits per heavy atom. The fourth-order valence-corrected chi connectivity index (χ4v) is 3.57. The van der Waals surface area contributed by atoms with Gasteiger partial charge in [0.15, 0.2) is 0 Å². The van der Waals surface area contributed by atoms with Crippen LogP contribution in [0.25, 0.3) is 0 Å². The van der Waals surface area contributed by atoms with Gasteiger partial charge in [0.05, 0.1) is 0 Å². The second-order valence-electron chi connectivity index (χ2n) is 7.50. The van der Waals surface area contributed by atoms with Crippen LogP contribution in [-0.2, 0) is 0 Å². The number of hydrogen-bond donors (Lipinski definition) is 1. The van der Waals surface area contributed by atoms with Gasteiger partial charge in [-0.25, -0.2) is 0 Å². The predicted octanol–water partition coefficient (Wildman–Crippen LogP) is 5.01. The molecule has 116 valence electrons. The predicted molar refractivity (Wildman–Crippen MR) is 89.7 cm³/mol. The van der Waals surface area contributed by atoms with Crippen LogP contribution in [0.15, 0.2) is 0 Å². The summed E-state index contributed by atoms with van der Waals surface area (Å²) in [5.41, 5.74) is 0.491. The van der Waals surface area contributed by atoms with Crippen LogP contribution >= 0.6 is 0 Å². The second-order valence-corrected chi connectivity index (χ2v) is 7.50. The quantitative estimate of drug-likeness (QED) is 0.673. The van der Waals surface area contributed by atoms with Gasteiger partial charge in [0.1, 0.15) is 0 Å². The van der Waals surface area contributed by atoms with Crippen LogP contribution in [0.1, 0.15) is 79.6 Å². The molecule has 1 nitrogen and oxygen atoms in total. The van der Waals surface area contributed by atoms with E-state index in [4.69, 9.17) is 0 Å². The van der Waals surface area contributed by atoms with E-state index in [0.717, 1.165) is 24.8 Å². The van der Waals surface area contributed by atoms with Gasteiger partial charge in [0, 0.05) is 12.5 Å². The summed E-state index contributed by atoms with van der Waals surface area (Å²) in [6.45, 7) is 12.6. The van der Waals surface area contributed by atoms with Gasteiger partial charge < -0.3 is 5.32 Å². The zero-order valence-electron chi connectivity index (χ0n) is 14.4. The molecule has 0 radical (unpaired) electrons. The first kappa shape index (κ1) is 17.6. The molecule has 1 atom stereocenters. The van der Waals surface area contributed by atoms with Crippen molar-refractivity contribution in [3.05, 3.63) is 0 Å². The van der Waals surface area contributed by atoms with Crippen LogP contribution in [0, 0.1) is 29.1 Å². The molecule has 0 amide bonds. The normalized spacial score (nSPS) is 24.9. The SMILES string of the molecule is CC#CCCC(NCCC)C1CCC(C(C)(C)C)CC1. The topological polar surface area (TPSA) is 12.0 Å². The first-order chi connectivity index (χ1) is 9.49. The van der Waals surface area contributed by atoms with Gasteiger partial charge >= 0.3 is 0 Å². The molecule has 0 heterocycles. The van der Waals surface area contributed by atoms with Gasteiger partial charge in [-0.1, -0.05) is 27.7 Å². The smallest absolute Gasteiger partial charge is 0.0104 e. The zero-order valence-corrected chi connectivity index (χ0v) is 14.4. The lowest BCUT2D eigenvalue weighted by Crippen LogP contribution is -2.39. The van der Waals surface area contributed by atoms with Gasteiger partial charge in [-0.05, 0) is 69.2 Å². The molecule has 1 N–H and O–H groups in total. The summed E-state index contributed by atoms with van der Waals surface area (Å²) in [6.07, 6.45) is 9.15. The highest BCUT2D eigenvalue weighted by Gasteiger charge is 2.32. The third-order valence-corrected chi connectivity index (χ3v) is 4.98. The maximum Gasteiger partial charge on any atom is 0.0104 e. The summed E-state index contributed by atoms with van der Waals surface area (Å²) in [7, 11) is 0. The molecule has 1 fully saturated rings. The largest absolute Gasteiger partial charge is 0.314 e. The average molecular weight is 277 g/mol. The third kappa shape index (κ3) is 5.88. The summed E-state index contributed by atoms with van der Waals surface area (Å²) in [5, 5.41) is 3.78. The van der Waals surface area contributed by atoms with Crippen LogP contribution in [0.4, 0.5) is 0 Å². The van der Waals surface area contributed by atoms with Crippen molar-refractivity contribution in [3.63, 3.8) is 0 Å². The Hall–Kier alpha value is -0.480. The molecule has 0 aliphatic heterocycles. The van der Waals surface area contributed by atoms with Gasteiger partial charge in [-0.2, -0.15) is 0 Å². The van der Waals surface area contributed by atoms with Gasteiger partial charge in [0.25, 0.3) is 0 Å². The van der Waals surface area contributed by atoms with E-state index in [1.54, 1.807) is 0 Å². The Morgan fingerprint density at radius 2 is 1.80 bits per heavy atom. The Bertz CT molecular complexity index is 307. The van der Waals surface area contributed by atoms with Crippen molar-refractivity contribution in [2.45, 2.75) is 85.6 Å². The molecule has 0 bridgehead atoms. The Morgan fingerprint density at radius 1 is 1.15 bits per heavy atom. The van der Waals surface area contributed by atoms with Crippen LogP contribution in [0.2, 0.25) is 0 Å². The molecule has 1 unspecified atom stereocenters. The summed E-state index contributed by atoms with van der Waals surface area (Å²) in [5.74, 6) is 8.06. The molecule has 0 aromatic rings. The lowest BCUT2D eigenvalue weighted by atomic mass is 9.68. The number of hydrogen-bond acceptors (Lipinski definition) is 1. The fourth-order valence-electron chi connectivity index (χ4n) is 3.57. The van der Waals surface area contributed by atoms with E-state index in [1.165, 1.54) is 38.5 Å². The van der Waals surface area contributed by atoms with E-state index in [2.05, 4.69) is 44.9 Å². The van der Waals surface area contributed by atoms with Crippen molar-refractivity contribution in [1.29, 1.82) is 0 Å². The fraction of sp³-hybridized carbons (Fsp3) is 0.895. The molecule has 0 aromatic heterocycles. The van der Waals surface area contributed by atoms with E-state index in [1.807, 2.05) is 6.92 Å². The first-order valence-corrected chi connectivity index (χ1v) is 8.62. The van der Waals surface area contributed by atoms with Crippen molar-refractivity contribution >= 4 is 0 Å². The summed E-state index contributed by atoms with van der Waals surface area (Å²) in [6, 6.07) is 0.691. The number of rotatable bonds is 6. The molecular formula is C19H35N. The van der Waals surface area contributed by atoms with Crippen molar-refractivity contribution in [3.8, 4) is 11.8 Å². The van der Waals surface area contributed by atoms with E-state index < -0.39 is 0 Å². The molecule has 1 aliphatic carbocycles. The van der Waals surface area contributed by atoms with E-state index >= 15 is 0 Å². The molecule has 0 saturated heterocycles. The Labute approximate surface area is 127 Å². The van der Waals surface area contributed by atoms with Crippen LogP contribution in [0.5, 0.6) is 0 Å². The van der Waals surface area contributed by atoms with Crippen molar-refractivity contribution in [2.24, 2.45) is 17.3 Å². The third-order valence-electron chi connectivity index (χ3n) is 4.98. The van der Waals surface area contributed by atoms with Gasteiger partial charge in [-0.3, -0.25) is 0 Å². The summed E-state index contributed by atoms with van der Waals surface area (Å²) in [4.78, 5) is 0. The Balaban J connectivity index is 2.48. The summed E-state index contributed by atoms with van der Waals surface area (Å²) < 4.78 is 0. The molecule has 20 heavy (non-hydrogen) atoms. The lowest BCUT2D eigenvalue weighted by Gasteiger charge is -2.39. The second kappa shape index (κ2) is 8.73. The summed E-state index contributed by atoms with van der Waals surface area (Å²) >= 11 is 0.